The smallest absolute Gasteiger partial charge is 0.0428 e. The lowest BCUT2D eigenvalue weighted by Crippen LogP contribution is -2.15. The molecule has 0 amide bonds. The number of hydrogen-bond donors (Lipinski definition) is 1. The molecule has 0 aromatic carbocycles. The minimum absolute atomic E-state index is 0.103. The first-order valence-electron chi connectivity index (χ1n) is 3.94. The minimum Gasteiger partial charge on any atom is -0.309 e. The van der Waals surface area contributed by atoms with Gasteiger partial charge in [-0.15, -0.1) is 0 Å². The van der Waals surface area contributed by atoms with E-state index in [2.05, 4.69) is 11.6 Å². The van der Waals surface area contributed by atoms with Crippen molar-refractivity contribution in [2.24, 2.45) is 10.9 Å². The zero-order valence-corrected chi connectivity index (χ0v) is 7.96. The fourth-order valence-corrected chi connectivity index (χ4v) is 0.801. The maximum Gasteiger partial charge on any atom is 0.0428 e. The summed E-state index contributed by atoms with van der Waals surface area (Å²) in [4.78, 5) is 4.09. The number of hydrogen-bond acceptors (Lipinski definition) is 2. The Hall–Kier alpha value is -1.18. The molecule has 66 valence electrons. The zero-order valence-electron chi connectivity index (χ0n) is 7.96. The van der Waals surface area contributed by atoms with E-state index >= 15 is 0 Å². The molecule has 0 aromatic heterocycles. The van der Waals surface area contributed by atoms with Crippen LogP contribution in [0.3, 0.4) is 0 Å². The normalized spacial score (nSPS) is 14.8. The second-order valence-electron chi connectivity index (χ2n) is 2.65. The van der Waals surface area contributed by atoms with Crippen LogP contribution in [0.5, 0.6) is 0 Å². The molecular weight excluding hydrogens is 148 g/mol. The lowest BCUT2D eigenvalue weighted by molar-refractivity contribution is 1.03. The molecule has 0 aromatic rings. The van der Waals surface area contributed by atoms with E-state index in [1.54, 1.807) is 20.0 Å². The fourth-order valence-electron chi connectivity index (χ4n) is 0.801. The molecular formula is C10H16N2. The summed E-state index contributed by atoms with van der Waals surface area (Å²) >= 11 is 0. The van der Waals surface area contributed by atoms with Gasteiger partial charge in [-0.25, -0.2) is 0 Å². The van der Waals surface area contributed by atoms with Crippen LogP contribution in [0.4, 0.5) is 0 Å². The summed E-state index contributed by atoms with van der Waals surface area (Å²) in [6.07, 6.45) is 5.43. The molecule has 0 radical (unpaired) electrons. The Kier molecular flexibility index (Phi) is 4.93. The monoisotopic (exact) mass is 164 g/mol. The maximum absolute atomic E-state index is 7.43. The molecule has 0 spiro atoms. The molecule has 0 aliphatic carbocycles. The first-order chi connectivity index (χ1) is 5.63. The minimum atomic E-state index is 0.103. The summed E-state index contributed by atoms with van der Waals surface area (Å²) in [5, 5.41) is 7.43. The van der Waals surface area contributed by atoms with Crippen LogP contribution >= 0.6 is 0 Å². The summed E-state index contributed by atoms with van der Waals surface area (Å²) in [6, 6.07) is 0. The third-order valence-electron chi connectivity index (χ3n) is 1.75. The Morgan fingerprint density at radius 3 is 2.50 bits per heavy atom. The van der Waals surface area contributed by atoms with Gasteiger partial charge in [0.05, 0.1) is 0 Å². The van der Waals surface area contributed by atoms with E-state index in [1.807, 2.05) is 19.1 Å². The lowest BCUT2D eigenvalue weighted by atomic mass is 10.0. The van der Waals surface area contributed by atoms with Crippen LogP contribution in [-0.4, -0.2) is 18.5 Å². The number of rotatable bonds is 4. The van der Waals surface area contributed by atoms with Gasteiger partial charge < -0.3 is 5.41 Å². The third-order valence-corrected chi connectivity index (χ3v) is 1.75. The molecule has 0 saturated heterocycles. The van der Waals surface area contributed by atoms with Crippen LogP contribution < -0.4 is 0 Å². The van der Waals surface area contributed by atoms with Gasteiger partial charge in [-0.2, -0.15) is 0 Å². The largest absolute Gasteiger partial charge is 0.309 e. The number of nitrogens with zero attached hydrogens (tertiary/aromatic N) is 1. The predicted molar refractivity (Wildman–Crippen MR) is 55.3 cm³/mol. The predicted octanol–water partition coefficient (Wildman–Crippen LogP) is 2.48. The van der Waals surface area contributed by atoms with Crippen molar-refractivity contribution < 1.29 is 0 Å². The molecule has 12 heavy (non-hydrogen) atoms. The van der Waals surface area contributed by atoms with Crippen LogP contribution in [-0.2, 0) is 0 Å². The van der Waals surface area contributed by atoms with Gasteiger partial charge in [-0.3, -0.25) is 4.99 Å². The van der Waals surface area contributed by atoms with Crippen molar-refractivity contribution in [2.75, 3.05) is 7.05 Å². The van der Waals surface area contributed by atoms with E-state index in [9.17, 15) is 0 Å². The number of allylic oxidation sites excluding steroid dienone is 3. The molecule has 0 heterocycles. The quantitative estimate of drug-likeness (QED) is 0.489. The van der Waals surface area contributed by atoms with Crippen LogP contribution in [0.2, 0.25) is 0 Å². The molecule has 1 N–H and O–H groups in total. The summed E-state index contributed by atoms with van der Waals surface area (Å²) in [7, 11) is 1.74. The van der Waals surface area contributed by atoms with E-state index < -0.39 is 0 Å². The highest BCUT2D eigenvalue weighted by atomic mass is 14.7. The average molecular weight is 164 g/mol. The highest BCUT2D eigenvalue weighted by Crippen LogP contribution is 2.02. The van der Waals surface area contributed by atoms with Gasteiger partial charge >= 0.3 is 0 Å². The van der Waals surface area contributed by atoms with Gasteiger partial charge in [-0.1, -0.05) is 25.7 Å². The van der Waals surface area contributed by atoms with Crippen LogP contribution in [0.1, 0.15) is 13.8 Å². The van der Waals surface area contributed by atoms with E-state index in [1.165, 1.54) is 0 Å². The van der Waals surface area contributed by atoms with Crippen LogP contribution in [0.25, 0.3) is 0 Å². The van der Waals surface area contributed by atoms with Gasteiger partial charge in [-0.05, 0) is 13.0 Å². The summed E-state index contributed by atoms with van der Waals surface area (Å²) in [5.74, 6) is 0.103. The highest BCUT2D eigenvalue weighted by Gasteiger charge is 2.07. The van der Waals surface area contributed by atoms with Gasteiger partial charge in [0, 0.05) is 24.4 Å². The van der Waals surface area contributed by atoms with Crippen molar-refractivity contribution in [3.8, 4) is 0 Å². The maximum atomic E-state index is 7.43. The first kappa shape index (κ1) is 10.8. The van der Waals surface area contributed by atoms with E-state index in [0.717, 1.165) is 5.71 Å². The summed E-state index contributed by atoms with van der Waals surface area (Å²) < 4.78 is 0. The zero-order chi connectivity index (χ0) is 9.56. The number of aliphatic imine (C=N–C) groups is 1. The standard InChI is InChI=1S/C10H16N2/c1-5-6-7-10(12-4)8(2)9(3)11/h5-8,11H,1H2,2-4H3/b7-6-,11-9?,12-10?. The molecule has 2 nitrogen and oxygen atoms in total. The van der Waals surface area contributed by atoms with E-state index in [4.69, 9.17) is 5.41 Å². The summed E-state index contributed by atoms with van der Waals surface area (Å²) in [5.41, 5.74) is 1.55. The molecule has 0 aliphatic rings. The van der Waals surface area contributed by atoms with Gasteiger partial charge in [0.25, 0.3) is 0 Å². The Labute approximate surface area is 74.2 Å². The van der Waals surface area contributed by atoms with Crippen LogP contribution in [0, 0.1) is 11.3 Å². The lowest BCUT2D eigenvalue weighted by Gasteiger charge is -2.08. The van der Waals surface area contributed by atoms with Gasteiger partial charge in [0.2, 0.25) is 0 Å². The second-order valence-corrected chi connectivity index (χ2v) is 2.65. The molecule has 1 atom stereocenters. The first-order valence-corrected chi connectivity index (χ1v) is 3.94. The topological polar surface area (TPSA) is 36.2 Å². The van der Waals surface area contributed by atoms with Crippen molar-refractivity contribution >= 4 is 11.4 Å². The third kappa shape index (κ3) is 3.28. The van der Waals surface area contributed by atoms with E-state index in [-0.39, 0.29) is 5.92 Å². The molecule has 2 heteroatoms. The molecule has 0 bridgehead atoms. The summed E-state index contributed by atoms with van der Waals surface area (Å²) in [6.45, 7) is 7.34. The van der Waals surface area contributed by atoms with Crippen molar-refractivity contribution in [1.29, 1.82) is 5.41 Å². The van der Waals surface area contributed by atoms with Crippen molar-refractivity contribution in [2.45, 2.75) is 13.8 Å². The Morgan fingerprint density at radius 1 is 1.58 bits per heavy atom. The molecule has 0 rings (SSSR count). The fraction of sp³-hybridized carbons (Fsp3) is 0.400. The van der Waals surface area contributed by atoms with Gasteiger partial charge in [0.15, 0.2) is 0 Å². The highest BCUT2D eigenvalue weighted by molar-refractivity contribution is 6.10. The second kappa shape index (κ2) is 5.47. The molecule has 0 fully saturated rings. The molecule has 1 unspecified atom stereocenters. The SMILES string of the molecule is C=C/C=C\C(=NC)C(C)C(C)=N. The molecule has 0 saturated carbocycles. The Bertz CT molecular complexity index is 224. The molecule has 0 aliphatic heterocycles. The van der Waals surface area contributed by atoms with E-state index in [0.29, 0.717) is 5.71 Å². The van der Waals surface area contributed by atoms with Crippen molar-refractivity contribution in [3.05, 3.63) is 24.8 Å². The van der Waals surface area contributed by atoms with Crippen LogP contribution in [0.15, 0.2) is 29.8 Å². The number of nitrogens with one attached hydrogen (secondary N) is 1. The average Bonchev–Trinajstić information content (AvgIpc) is 2.05. The van der Waals surface area contributed by atoms with Crippen molar-refractivity contribution in [3.63, 3.8) is 0 Å². The Morgan fingerprint density at radius 2 is 2.17 bits per heavy atom. The van der Waals surface area contributed by atoms with Gasteiger partial charge in [0.1, 0.15) is 0 Å². The Balaban J connectivity index is 4.47. The van der Waals surface area contributed by atoms with Crippen molar-refractivity contribution in [1.82, 2.24) is 0 Å².